The van der Waals surface area contributed by atoms with Crippen LogP contribution >= 0.6 is 0 Å². The fraction of sp³-hybridized carbons (Fsp3) is 0.143. The summed E-state index contributed by atoms with van der Waals surface area (Å²) in [7, 11) is -9.05. The zero-order valence-electron chi connectivity index (χ0n) is 7.50. The van der Waals surface area contributed by atoms with Crippen LogP contribution in [0.5, 0.6) is 0 Å². The molecule has 0 aliphatic rings. The van der Waals surface area contributed by atoms with Gasteiger partial charge in [0.05, 0.1) is 4.90 Å². The first-order valence-electron chi connectivity index (χ1n) is 3.59. The lowest BCUT2D eigenvalue weighted by atomic mass is 10.2. The Kier molecular flexibility index (Phi) is 2.88. The Labute approximate surface area is 87.1 Å². The molecule has 0 spiro atoms. The predicted molar refractivity (Wildman–Crippen MR) is 49.6 cm³/mol. The van der Waals surface area contributed by atoms with Crippen LogP contribution in [0, 0.1) is 13.0 Å². The maximum atomic E-state index is 10.8. The van der Waals surface area contributed by atoms with Gasteiger partial charge in [-0.2, -0.15) is 16.8 Å². The van der Waals surface area contributed by atoms with Crippen molar-refractivity contribution in [2.24, 2.45) is 0 Å². The highest BCUT2D eigenvalue weighted by Gasteiger charge is 2.18. The number of benzene rings is 1. The van der Waals surface area contributed by atoms with Crippen LogP contribution in [0.1, 0.15) is 5.56 Å². The summed E-state index contributed by atoms with van der Waals surface area (Å²) in [6, 6.07) is 3.86. The molecule has 1 radical (unpaired) electrons. The van der Waals surface area contributed by atoms with Gasteiger partial charge < -0.3 is 0 Å². The molecule has 6 nitrogen and oxygen atoms in total. The monoisotopic (exact) mass is 251 g/mol. The molecule has 0 bridgehead atoms. The fourth-order valence-corrected chi connectivity index (χ4v) is 2.23. The van der Waals surface area contributed by atoms with Gasteiger partial charge in [-0.15, -0.1) is 0 Å². The smallest absolute Gasteiger partial charge is 0.282 e. The van der Waals surface area contributed by atoms with Gasteiger partial charge in [-0.3, -0.25) is 9.11 Å². The minimum atomic E-state index is -4.53. The third kappa shape index (κ3) is 2.75. The molecular formula is C7H7O6S2. The Morgan fingerprint density at radius 1 is 1.13 bits per heavy atom. The van der Waals surface area contributed by atoms with E-state index in [1.54, 1.807) is 0 Å². The van der Waals surface area contributed by atoms with Crippen LogP contribution in [0.4, 0.5) is 0 Å². The first-order valence-corrected chi connectivity index (χ1v) is 6.47. The zero-order chi connectivity index (χ0) is 11.9. The van der Waals surface area contributed by atoms with Gasteiger partial charge in [0.25, 0.3) is 20.2 Å². The summed E-state index contributed by atoms with van der Waals surface area (Å²) in [5, 5.41) is 0. The average Bonchev–Trinajstić information content (AvgIpc) is 2.00. The van der Waals surface area contributed by atoms with E-state index in [1.165, 1.54) is 6.92 Å². The lowest BCUT2D eigenvalue weighted by Gasteiger charge is -2.03. The van der Waals surface area contributed by atoms with Crippen LogP contribution in [0.2, 0.25) is 0 Å². The van der Waals surface area contributed by atoms with E-state index in [0.29, 0.717) is 6.07 Å². The normalized spacial score (nSPS) is 12.7. The van der Waals surface area contributed by atoms with E-state index in [1.807, 2.05) is 0 Å². The Morgan fingerprint density at radius 3 is 2.07 bits per heavy atom. The van der Waals surface area contributed by atoms with Crippen molar-refractivity contribution < 1.29 is 25.9 Å². The largest absolute Gasteiger partial charge is 0.295 e. The summed E-state index contributed by atoms with van der Waals surface area (Å²) >= 11 is 0. The van der Waals surface area contributed by atoms with E-state index in [4.69, 9.17) is 9.11 Å². The summed E-state index contributed by atoms with van der Waals surface area (Å²) in [4.78, 5) is -1.28. The standard InChI is InChI=1S/C7H7O6S2/c1-5-2-3-6(14(8,9)10)4-7(5)15(11,12)13/h2,4H,1H3,(H,8,9,10)(H,11,12,13). The van der Waals surface area contributed by atoms with Crippen molar-refractivity contribution in [1.29, 1.82) is 0 Å². The van der Waals surface area contributed by atoms with E-state index in [9.17, 15) is 16.8 Å². The second-order valence-corrected chi connectivity index (χ2v) is 5.57. The molecule has 1 aromatic carbocycles. The van der Waals surface area contributed by atoms with E-state index in [-0.39, 0.29) is 5.56 Å². The van der Waals surface area contributed by atoms with Crippen molar-refractivity contribution in [3.63, 3.8) is 0 Å². The molecule has 0 aliphatic heterocycles. The molecule has 0 unspecified atom stereocenters. The van der Waals surface area contributed by atoms with Crippen molar-refractivity contribution in [1.82, 2.24) is 0 Å². The molecule has 0 fully saturated rings. The van der Waals surface area contributed by atoms with Gasteiger partial charge in [0.1, 0.15) is 4.90 Å². The molecule has 0 amide bonds. The van der Waals surface area contributed by atoms with Gasteiger partial charge in [0, 0.05) is 6.07 Å². The van der Waals surface area contributed by atoms with Crippen molar-refractivity contribution in [3.05, 3.63) is 23.8 Å². The molecule has 0 saturated heterocycles. The fourth-order valence-electron chi connectivity index (χ4n) is 0.952. The van der Waals surface area contributed by atoms with Crippen molar-refractivity contribution in [2.75, 3.05) is 0 Å². The van der Waals surface area contributed by atoms with Crippen molar-refractivity contribution in [2.45, 2.75) is 16.7 Å². The molecule has 1 aromatic rings. The highest BCUT2D eigenvalue weighted by Crippen LogP contribution is 2.18. The lowest BCUT2D eigenvalue weighted by molar-refractivity contribution is 0.480. The van der Waals surface area contributed by atoms with E-state index >= 15 is 0 Å². The number of aryl methyl sites for hydroxylation is 1. The van der Waals surface area contributed by atoms with Crippen LogP contribution in [0.15, 0.2) is 21.9 Å². The van der Waals surface area contributed by atoms with Gasteiger partial charge >= 0.3 is 0 Å². The van der Waals surface area contributed by atoms with E-state index < -0.39 is 30.0 Å². The summed E-state index contributed by atoms with van der Waals surface area (Å²) in [5.74, 6) is 0. The summed E-state index contributed by atoms with van der Waals surface area (Å²) in [6.45, 7) is 1.35. The van der Waals surface area contributed by atoms with Gasteiger partial charge in [-0.05, 0) is 24.6 Å². The topological polar surface area (TPSA) is 109 Å². The third-order valence-electron chi connectivity index (χ3n) is 1.64. The van der Waals surface area contributed by atoms with E-state index in [2.05, 4.69) is 6.07 Å². The molecule has 0 aliphatic carbocycles. The Bertz CT molecular complexity index is 584. The van der Waals surface area contributed by atoms with Gasteiger partial charge in [0.15, 0.2) is 0 Å². The summed E-state index contributed by atoms with van der Waals surface area (Å²) in [6.07, 6.45) is 0. The first kappa shape index (κ1) is 12.1. The van der Waals surface area contributed by atoms with Crippen LogP contribution in [-0.4, -0.2) is 25.9 Å². The van der Waals surface area contributed by atoms with E-state index in [0.717, 1.165) is 6.07 Å². The maximum absolute atomic E-state index is 10.8. The molecule has 2 N–H and O–H groups in total. The van der Waals surface area contributed by atoms with Crippen LogP contribution in [-0.2, 0) is 20.2 Å². The zero-order valence-corrected chi connectivity index (χ0v) is 9.13. The van der Waals surface area contributed by atoms with Crippen molar-refractivity contribution in [3.8, 4) is 0 Å². The molecule has 0 atom stereocenters. The molecule has 15 heavy (non-hydrogen) atoms. The second kappa shape index (κ2) is 3.56. The molecule has 0 heterocycles. The predicted octanol–water partition coefficient (Wildman–Crippen LogP) is 0.289. The first-order chi connectivity index (χ1) is 6.62. The van der Waals surface area contributed by atoms with Gasteiger partial charge in [-0.25, -0.2) is 0 Å². The molecule has 8 heteroatoms. The van der Waals surface area contributed by atoms with Crippen molar-refractivity contribution >= 4 is 20.2 Å². The average molecular weight is 251 g/mol. The van der Waals surface area contributed by atoms with Crippen LogP contribution < -0.4 is 0 Å². The molecule has 0 aromatic heterocycles. The SMILES string of the molecule is Cc1c[c]c(S(=O)(=O)O)cc1S(=O)(=O)O. The van der Waals surface area contributed by atoms with Gasteiger partial charge in [0.2, 0.25) is 0 Å². The quantitative estimate of drug-likeness (QED) is 0.731. The number of rotatable bonds is 2. The molecule has 1 rings (SSSR count). The molecule has 0 saturated carbocycles. The molecule has 83 valence electrons. The Morgan fingerprint density at radius 2 is 1.67 bits per heavy atom. The third-order valence-corrected chi connectivity index (χ3v) is 3.42. The van der Waals surface area contributed by atoms with Crippen LogP contribution in [0.3, 0.4) is 0 Å². The number of hydrogen-bond acceptors (Lipinski definition) is 4. The molecular weight excluding hydrogens is 244 g/mol. The lowest BCUT2D eigenvalue weighted by Crippen LogP contribution is -2.05. The summed E-state index contributed by atoms with van der Waals surface area (Å²) in [5.41, 5.74) is 0.130. The van der Waals surface area contributed by atoms with Gasteiger partial charge in [-0.1, -0.05) is 0 Å². The van der Waals surface area contributed by atoms with Crippen LogP contribution in [0.25, 0.3) is 0 Å². The minimum absolute atomic E-state index is 0.130. The summed E-state index contributed by atoms with van der Waals surface area (Å²) < 4.78 is 60.3. The highest BCUT2D eigenvalue weighted by molar-refractivity contribution is 7.86. The highest BCUT2D eigenvalue weighted by atomic mass is 32.2. The maximum Gasteiger partial charge on any atom is 0.295 e. The Balaban J connectivity index is 3.57. The second-order valence-electron chi connectivity index (χ2n) is 2.79. The minimum Gasteiger partial charge on any atom is -0.282 e. The Hall–Kier alpha value is -0.960. The number of hydrogen-bond donors (Lipinski definition) is 2.